The smallest absolute Gasteiger partial charge is 0.496 e. The molecular formula is C14H11BN2O3. The van der Waals surface area contributed by atoms with Crippen LogP contribution in [0.4, 0.5) is 0 Å². The minimum Gasteiger partial charge on any atom is -0.496 e. The van der Waals surface area contributed by atoms with Crippen LogP contribution in [0, 0.1) is 0 Å². The first-order valence-corrected chi connectivity index (χ1v) is 6.09. The summed E-state index contributed by atoms with van der Waals surface area (Å²) in [5.41, 5.74) is 2.60. The molecule has 0 spiro atoms. The van der Waals surface area contributed by atoms with Crippen LogP contribution in [0.2, 0.25) is 0 Å². The summed E-state index contributed by atoms with van der Waals surface area (Å²) in [5, 5.41) is 18.0. The molecule has 0 bridgehead atoms. The third-order valence-corrected chi connectivity index (χ3v) is 2.80. The molecule has 0 unspecified atom stereocenters. The fourth-order valence-electron chi connectivity index (χ4n) is 1.95. The Morgan fingerprint density at radius 2 is 1.40 bits per heavy atom. The Morgan fingerprint density at radius 3 is 2.05 bits per heavy atom. The van der Waals surface area contributed by atoms with Crippen molar-refractivity contribution >= 4 is 18.4 Å². The first kappa shape index (κ1) is 12.6. The van der Waals surface area contributed by atoms with Crippen molar-refractivity contribution in [2.75, 3.05) is 0 Å². The number of aromatic nitrogens is 2. The lowest BCUT2D eigenvalue weighted by Crippen LogP contribution is -2.22. The second kappa shape index (κ2) is 5.28. The zero-order valence-electron chi connectivity index (χ0n) is 10.5. The van der Waals surface area contributed by atoms with E-state index >= 15 is 0 Å². The highest BCUT2D eigenvalue weighted by Gasteiger charge is 2.18. The van der Waals surface area contributed by atoms with Gasteiger partial charge in [0.1, 0.15) is 5.69 Å². The van der Waals surface area contributed by atoms with Crippen molar-refractivity contribution in [3.8, 4) is 17.1 Å². The van der Waals surface area contributed by atoms with Gasteiger partial charge in [-0.3, -0.25) is 0 Å². The number of hydrogen-bond donors (Lipinski definition) is 2. The van der Waals surface area contributed by atoms with E-state index in [2.05, 4.69) is 9.97 Å². The molecule has 0 aliphatic heterocycles. The topological polar surface area (TPSA) is 75.5 Å². The standard InChI is InChI=1S/C14H11BN2O3/c18-15(19)20-14-13(10-6-2-1-3-7-10)16-11-8-4-5-9-12(11)17-14/h1-9,18-19H. The van der Waals surface area contributed by atoms with Gasteiger partial charge in [0.25, 0.3) is 0 Å². The minimum atomic E-state index is -1.94. The Hall–Kier alpha value is -2.44. The molecule has 5 nitrogen and oxygen atoms in total. The lowest BCUT2D eigenvalue weighted by Gasteiger charge is -2.10. The predicted octanol–water partition coefficient (Wildman–Crippen LogP) is 1.65. The fraction of sp³-hybridized carbons (Fsp3) is 0. The van der Waals surface area contributed by atoms with Crippen LogP contribution in [0.1, 0.15) is 0 Å². The predicted molar refractivity (Wildman–Crippen MR) is 75.8 cm³/mol. The number of benzene rings is 2. The van der Waals surface area contributed by atoms with Gasteiger partial charge < -0.3 is 14.7 Å². The number of hydrogen-bond acceptors (Lipinski definition) is 5. The van der Waals surface area contributed by atoms with Crippen molar-refractivity contribution in [1.82, 2.24) is 9.97 Å². The van der Waals surface area contributed by atoms with Crippen molar-refractivity contribution in [2.24, 2.45) is 0 Å². The number of nitrogens with zero attached hydrogens (tertiary/aromatic N) is 2. The average molecular weight is 266 g/mol. The molecule has 0 saturated heterocycles. The molecule has 0 fully saturated rings. The molecule has 6 heteroatoms. The second-order valence-electron chi connectivity index (χ2n) is 4.18. The molecular weight excluding hydrogens is 255 g/mol. The number of fused-ring (bicyclic) bond motifs is 1. The van der Waals surface area contributed by atoms with Crippen LogP contribution < -0.4 is 4.65 Å². The van der Waals surface area contributed by atoms with Gasteiger partial charge in [-0.1, -0.05) is 42.5 Å². The van der Waals surface area contributed by atoms with Gasteiger partial charge in [-0.25, -0.2) is 9.97 Å². The molecule has 2 aromatic carbocycles. The zero-order chi connectivity index (χ0) is 13.9. The van der Waals surface area contributed by atoms with Crippen molar-refractivity contribution in [2.45, 2.75) is 0 Å². The van der Waals surface area contributed by atoms with E-state index in [9.17, 15) is 0 Å². The largest absolute Gasteiger partial charge is 0.708 e. The summed E-state index contributed by atoms with van der Waals surface area (Å²) in [6, 6.07) is 16.7. The molecule has 0 aliphatic rings. The highest BCUT2D eigenvalue weighted by molar-refractivity contribution is 6.33. The van der Waals surface area contributed by atoms with Crippen LogP contribution in [-0.4, -0.2) is 27.3 Å². The van der Waals surface area contributed by atoms with Gasteiger partial charge in [0.15, 0.2) is 0 Å². The quantitative estimate of drug-likeness (QED) is 0.705. The Labute approximate surface area is 115 Å². The van der Waals surface area contributed by atoms with Crippen LogP contribution in [0.5, 0.6) is 5.88 Å². The summed E-state index contributed by atoms with van der Waals surface area (Å²) in [4.78, 5) is 8.78. The zero-order valence-corrected chi connectivity index (χ0v) is 10.5. The molecule has 2 N–H and O–H groups in total. The normalized spacial score (nSPS) is 10.5. The lowest BCUT2D eigenvalue weighted by molar-refractivity contribution is 0.284. The van der Waals surface area contributed by atoms with Crippen LogP contribution in [0.3, 0.4) is 0 Å². The molecule has 3 rings (SSSR count). The summed E-state index contributed by atoms with van der Waals surface area (Å²) in [5.74, 6) is 0.0879. The van der Waals surface area contributed by atoms with Crippen LogP contribution >= 0.6 is 0 Å². The monoisotopic (exact) mass is 266 g/mol. The highest BCUT2D eigenvalue weighted by atomic mass is 16.6. The minimum absolute atomic E-state index is 0.0879. The van der Waals surface area contributed by atoms with Crippen LogP contribution in [-0.2, 0) is 0 Å². The maximum atomic E-state index is 9.01. The Balaban J connectivity index is 2.21. The number of rotatable bonds is 3. The van der Waals surface area contributed by atoms with Gasteiger partial charge in [-0.15, -0.1) is 0 Å². The molecule has 20 heavy (non-hydrogen) atoms. The van der Waals surface area contributed by atoms with Gasteiger partial charge in [-0.2, -0.15) is 0 Å². The first-order chi connectivity index (χ1) is 9.74. The first-order valence-electron chi connectivity index (χ1n) is 6.09. The average Bonchev–Trinajstić information content (AvgIpc) is 2.47. The highest BCUT2D eigenvalue weighted by Crippen LogP contribution is 2.28. The molecule has 0 amide bonds. The van der Waals surface area contributed by atoms with Crippen LogP contribution in [0.25, 0.3) is 22.3 Å². The number of para-hydroxylation sites is 2. The van der Waals surface area contributed by atoms with E-state index in [0.29, 0.717) is 16.7 Å². The van der Waals surface area contributed by atoms with Crippen molar-refractivity contribution < 1.29 is 14.7 Å². The lowest BCUT2D eigenvalue weighted by atomic mass is 10.1. The molecule has 1 heterocycles. The summed E-state index contributed by atoms with van der Waals surface area (Å²) in [7, 11) is -1.94. The summed E-state index contributed by atoms with van der Waals surface area (Å²) >= 11 is 0. The van der Waals surface area contributed by atoms with Crippen LogP contribution in [0.15, 0.2) is 54.6 Å². The molecule has 1 aromatic heterocycles. The van der Waals surface area contributed by atoms with Gasteiger partial charge in [0.05, 0.1) is 11.0 Å². The van der Waals surface area contributed by atoms with E-state index in [4.69, 9.17) is 14.7 Å². The third kappa shape index (κ3) is 2.47. The summed E-state index contributed by atoms with van der Waals surface area (Å²) in [6.45, 7) is 0. The van der Waals surface area contributed by atoms with Gasteiger partial charge in [0, 0.05) is 5.56 Å². The summed E-state index contributed by atoms with van der Waals surface area (Å²) < 4.78 is 4.95. The molecule has 3 aromatic rings. The van der Waals surface area contributed by atoms with E-state index in [0.717, 1.165) is 5.56 Å². The Morgan fingerprint density at radius 1 is 0.800 bits per heavy atom. The Kier molecular flexibility index (Phi) is 3.33. The van der Waals surface area contributed by atoms with E-state index in [1.807, 2.05) is 48.5 Å². The van der Waals surface area contributed by atoms with Gasteiger partial charge in [0.2, 0.25) is 5.88 Å². The van der Waals surface area contributed by atoms with Crippen molar-refractivity contribution in [3.63, 3.8) is 0 Å². The Bertz CT molecular complexity index is 735. The SMILES string of the molecule is OB(O)Oc1nc2ccccc2nc1-c1ccccc1. The molecule has 0 atom stereocenters. The van der Waals surface area contributed by atoms with Gasteiger partial charge in [-0.05, 0) is 12.1 Å². The second-order valence-corrected chi connectivity index (χ2v) is 4.18. The maximum Gasteiger partial charge on any atom is 0.708 e. The van der Waals surface area contributed by atoms with E-state index in [-0.39, 0.29) is 5.88 Å². The van der Waals surface area contributed by atoms with Crippen molar-refractivity contribution in [1.29, 1.82) is 0 Å². The van der Waals surface area contributed by atoms with E-state index < -0.39 is 7.32 Å². The third-order valence-electron chi connectivity index (χ3n) is 2.80. The molecule has 0 saturated carbocycles. The maximum absolute atomic E-state index is 9.01. The van der Waals surface area contributed by atoms with Gasteiger partial charge >= 0.3 is 7.32 Å². The molecule has 0 aliphatic carbocycles. The summed E-state index contributed by atoms with van der Waals surface area (Å²) in [6.07, 6.45) is 0. The van der Waals surface area contributed by atoms with E-state index in [1.165, 1.54) is 0 Å². The fourth-order valence-corrected chi connectivity index (χ4v) is 1.95. The molecule has 0 radical (unpaired) electrons. The molecule has 98 valence electrons. The van der Waals surface area contributed by atoms with Crippen molar-refractivity contribution in [3.05, 3.63) is 54.6 Å². The van der Waals surface area contributed by atoms with E-state index in [1.54, 1.807) is 6.07 Å².